The summed E-state index contributed by atoms with van der Waals surface area (Å²) in [6.45, 7) is 1.94. The molecule has 248 valence electrons. The predicted octanol–water partition coefficient (Wildman–Crippen LogP) is 4.68. The molecule has 0 aliphatic carbocycles. The van der Waals surface area contributed by atoms with E-state index < -0.39 is 17.9 Å². The first-order valence-electron chi connectivity index (χ1n) is 15.3. The van der Waals surface area contributed by atoms with Crippen molar-refractivity contribution in [1.29, 1.82) is 0 Å². The van der Waals surface area contributed by atoms with Gasteiger partial charge in [0.1, 0.15) is 11.9 Å². The number of carbonyl (C=O) groups excluding carboxylic acids is 2. The van der Waals surface area contributed by atoms with Crippen molar-refractivity contribution in [3.8, 4) is 23.1 Å². The Labute approximate surface area is 288 Å². The molecule has 13 heteroatoms. The van der Waals surface area contributed by atoms with Crippen LogP contribution in [0.5, 0.6) is 0 Å². The van der Waals surface area contributed by atoms with Crippen LogP contribution in [0.15, 0.2) is 60.8 Å². The Balaban J connectivity index is 0.00000451. The molecular weight excluding hydrogens is 655 g/mol. The number of hydrazine groups is 1. The van der Waals surface area contributed by atoms with Crippen molar-refractivity contribution in [1.82, 2.24) is 20.3 Å². The third-order valence-electron chi connectivity index (χ3n) is 8.64. The average molecular weight is 690 g/mol. The molecule has 0 bridgehead atoms. The number of benzene rings is 2. The van der Waals surface area contributed by atoms with Crippen molar-refractivity contribution >= 4 is 58.5 Å². The number of carboxylic acids is 1. The zero-order valence-electron chi connectivity index (χ0n) is 26.1. The van der Waals surface area contributed by atoms with Crippen LogP contribution in [-0.4, -0.2) is 76.6 Å². The van der Waals surface area contributed by atoms with Crippen LogP contribution >= 0.6 is 24.0 Å². The van der Waals surface area contributed by atoms with Crippen LogP contribution in [-0.2, 0) is 9.53 Å². The molecule has 2 aliphatic heterocycles. The van der Waals surface area contributed by atoms with E-state index in [4.69, 9.17) is 27.2 Å². The molecule has 2 aromatic heterocycles. The summed E-state index contributed by atoms with van der Waals surface area (Å²) in [5.41, 5.74) is 6.15. The number of carbonyl (C=O) groups is 3. The molecule has 2 aromatic carbocycles. The van der Waals surface area contributed by atoms with Gasteiger partial charge in [-0.15, -0.1) is 12.4 Å². The lowest BCUT2D eigenvalue weighted by molar-refractivity contribution is -0.143. The van der Waals surface area contributed by atoms with Crippen LogP contribution in [0.1, 0.15) is 57.5 Å². The zero-order chi connectivity index (χ0) is 33.1. The van der Waals surface area contributed by atoms with E-state index in [2.05, 4.69) is 27.2 Å². The molecule has 48 heavy (non-hydrogen) atoms. The first-order valence-corrected chi connectivity index (χ1v) is 15.7. The van der Waals surface area contributed by atoms with Gasteiger partial charge in [0.15, 0.2) is 0 Å². The fraction of sp³-hybridized carbons (Fsp3) is 0.286. The second-order valence-electron chi connectivity index (χ2n) is 11.6. The molecule has 2 fully saturated rings. The Morgan fingerprint density at radius 2 is 1.83 bits per heavy atom. The van der Waals surface area contributed by atoms with Gasteiger partial charge in [-0.05, 0) is 62.1 Å². The molecular formula is C35H34Cl2N6O5. The zero-order valence-corrected chi connectivity index (χ0v) is 27.7. The van der Waals surface area contributed by atoms with Gasteiger partial charge in [0.2, 0.25) is 0 Å². The van der Waals surface area contributed by atoms with E-state index in [-0.39, 0.29) is 24.4 Å². The lowest BCUT2D eigenvalue weighted by atomic mass is 10.0. The monoisotopic (exact) mass is 688 g/mol. The standard InChI is InChI=1S/C35H33ClN6O5.ClH/c1-47-25-13-15-41(20-25)32-18-30-27(19-38-32)26(33(43)40-37)17-29(39-30)23-9-6-21(7-10-23)5-8-22-11-12-24(16-28(22)36)34(44)42-14-3-2-4-31(42)35(45)46;/h6-7,9-12,16-19,25,31H,2-4,13-15,20,37H2,1H3,(H,40,43)(H,45,46);1H/t25?,31-;/m0./s1. The quantitative estimate of drug-likeness (QED) is 0.114. The molecule has 2 aliphatic rings. The van der Waals surface area contributed by atoms with Gasteiger partial charge in [-0.1, -0.05) is 35.6 Å². The number of methoxy groups -OCH3 is 1. The van der Waals surface area contributed by atoms with Gasteiger partial charge in [0.25, 0.3) is 11.8 Å². The molecule has 0 saturated carbocycles. The van der Waals surface area contributed by atoms with Crippen LogP contribution in [0.2, 0.25) is 5.02 Å². The number of nitrogens with one attached hydrogen (secondary N) is 1. The summed E-state index contributed by atoms with van der Waals surface area (Å²) in [6.07, 6.45) is 4.67. The Morgan fingerprint density at radius 1 is 1.04 bits per heavy atom. The Bertz CT molecular complexity index is 1930. The van der Waals surface area contributed by atoms with Gasteiger partial charge in [0.05, 0.1) is 27.9 Å². The number of nitrogen functional groups attached to an aromatic ring is 1. The van der Waals surface area contributed by atoms with Crippen molar-refractivity contribution in [3.05, 3.63) is 88.1 Å². The maximum Gasteiger partial charge on any atom is 0.326 e. The Kier molecular flexibility index (Phi) is 10.8. The van der Waals surface area contributed by atoms with Gasteiger partial charge in [-0.25, -0.2) is 20.6 Å². The lowest BCUT2D eigenvalue weighted by Gasteiger charge is -2.33. The van der Waals surface area contributed by atoms with Crippen molar-refractivity contribution in [2.45, 2.75) is 37.8 Å². The van der Waals surface area contributed by atoms with E-state index in [1.807, 2.05) is 30.3 Å². The van der Waals surface area contributed by atoms with E-state index in [0.717, 1.165) is 49.3 Å². The highest BCUT2D eigenvalue weighted by molar-refractivity contribution is 6.32. The number of anilines is 1. The SMILES string of the molecule is COC1CCN(c2cc3nc(-c4ccc(C#Cc5ccc(C(=O)N6CCCC[C@H]6C(=O)O)cc5Cl)cc4)cc(C(=O)NN)c3cn2)C1.Cl. The van der Waals surface area contributed by atoms with E-state index in [0.29, 0.717) is 51.3 Å². The summed E-state index contributed by atoms with van der Waals surface area (Å²) >= 11 is 6.50. The van der Waals surface area contributed by atoms with Gasteiger partial charge in [-0.2, -0.15) is 0 Å². The third-order valence-corrected chi connectivity index (χ3v) is 8.96. The van der Waals surface area contributed by atoms with Crippen molar-refractivity contribution < 1.29 is 24.2 Å². The molecule has 2 amide bonds. The second kappa shape index (κ2) is 15.0. The van der Waals surface area contributed by atoms with Gasteiger partial charge < -0.3 is 19.6 Å². The summed E-state index contributed by atoms with van der Waals surface area (Å²) in [5.74, 6) is 10.6. The van der Waals surface area contributed by atoms with Crippen LogP contribution in [0, 0.1) is 11.8 Å². The third kappa shape index (κ3) is 7.22. The van der Waals surface area contributed by atoms with Crippen LogP contribution in [0.3, 0.4) is 0 Å². The molecule has 4 aromatic rings. The van der Waals surface area contributed by atoms with E-state index >= 15 is 0 Å². The minimum Gasteiger partial charge on any atom is -0.480 e. The summed E-state index contributed by atoms with van der Waals surface area (Å²) in [5, 5.41) is 10.4. The largest absolute Gasteiger partial charge is 0.480 e. The number of rotatable bonds is 6. The molecule has 4 heterocycles. The van der Waals surface area contributed by atoms with Gasteiger partial charge >= 0.3 is 5.97 Å². The molecule has 1 unspecified atom stereocenters. The van der Waals surface area contributed by atoms with E-state index in [1.54, 1.807) is 31.5 Å². The molecule has 6 rings (SSSR count). The fourth-order valence-corrected chi connectivity index (χ4v) is 6.26. The minimum absolute atomic E-state index is 0. The molecule has 0 spiro atoms. The minimum atomic E-state index is -1.000. The number of fused-ring (bicyclic) bond motifs is 1. The fourth-order valence-electron chi connectivity index (χ4n) is 6.04. The highest BCUT2D eigenvalue weighted by atomic mass is 35.5. The number of nitrogens with two attached hydrogens (primary N) is 1. The number of hydrogen-bond acceptors (Lipinski definition) is 8. The lowest BCUT2D eigenvalue weighted by Crippen LogP contribution is -2.47. The summed E-state index contributed by atoms with van der Waals surface area (Å²) in [6, 6.07) is 15.0. The molecule has 2 atom stereocenters. The first kappa shape index (κ1) is 34.6. The number of amides is 2. The number of ether oxygens (including phenoxy) is 1. The van der Waals surface area contributed by atoms with Gasteiger partial charge in [-0.3, -0.25) is 15.0 Å². The number of nitrogens with zero attached hydrogens (tertiary/aromatic N) is 4. The van der Waals surface area contributed by atoms with E-state index in [9.17, 15) is 19.5 Å². The number of halogens is 2. The van der Waals surface area contributed by atoms with Crippen LogP contribution < -0.4 is 16.2 Å². The number of pyridine rings is 2. The number of piperidine rings is 1. The molecule has 4 N–H and O–H groups in total. The number of aromatic nitrogens is 2. The van der Waals surface area contributed by atoms with Crippen LogP contribution in [0.4, 0.5) is 5.82 Å². The number of carboxylic acid groups (broad SMARTS) is 1. The van der Waals surface area contributed by atoms with Crippen molar-refractivity contribution in [2.24, 2.45) is 5.84 Å². The number of aliphatic carboxylic acids is 1. The summed E-state index contributed by atoms with van der Waals surface area (Å²) in [4.78, 5) is 50.5. The van der Waals surface area contributed by atoms with Gasteiger partial charge in [0, 0.05) is 66.6 Å². The number of hydrogen-bond donors (Lipinski definition) is 3. The molecule has 0 radical (unpaired) electrons. The molecule has 2 saturated heterocycles. The summed E-state index contributed by atoms with van der Waals surface area (Å²) in [7, 11) is 1.71. The maximum atomic E-state index is 13.1. The normalized spacial score (nSPS) is 17.3. The topological polar surface area (TPSA) is 151 Å². The van der Waals surface area contributed by atoms with Crippen LogP contribution in [0.25, 0.3) is 22.2 Å². The highest BCUT2D eigenvalue weighted by Crippen LogP contribution is 2.29. The summed E-state index contributed by atoms with van der Waals surface area (Å²) < 4.78 is 5.50. The maximum absolute atomic E-state index is 13.1. The Hall–Kier alpha value is -4.73. The highest BCUT2D eigenvalue weighted by Gasteiger charge is 2.32. The smallest absolute Gasteiger partial charge is 0.326 e. The molecule has 11 nitrogen and oxygen atoms in total. The first-order chi connectivity index (χ1) is 22.7. The second-order valence-corrected chi connectivity index (χ2v) is 12.0. The average Bonchev–Trinajstić information content (AvgIpc) is 3.59. The predicted molar refractivity (Wildman–Crippen MR) is 185 cm³/mol. The Morgan fingerprint density at radius 3 is 2.52 bits per heavy atom. The van der Waals surface area contributed by atoms with Crippen molar-refractivity contribution in [2.75, 3.05) is 31.6 Å². The number of likely N-dealkylation sites (tertiary alicyclic amines) is 1. The van der Waals surface area contributed by atoms with E-state index in [1.165, 1.54) is 11.0 Å². The van der Waals surface area contributed by atoms with Crippen molar-refractivity contribution in [3.63, 3.8) is 0 Å².